The highest BCUT2D eigenvalue weighted by Gasteiger charge is 2.67. The first-order valence-electron chi connectivity index (χ1n) is 27.3. The molecule has 11 rings (SSSR count). The van der Waals surface area contributed by atoms with E-state index in [1.54, 1.807) is 0 Å². The second kappa shape index (κ2) is 18.1. The molecule has 0 spiro atoms. The van der Waals surface area contributed by atoms with Gasteiger partial charge >= 0.3 is 23.9 Å². The number of hydrogen-bond acceptors (Lipinski definition) is 10. The number of hydrogen-bond donors (Lipinski definition) is 2. The zero-order valence-corrected chi connectivity index (χ0v) is 43.7. The number of rotatable bonds is 0. The number of H-pyrrole nitrogens is 2. The van der Waals surface area contributed by atoms with Gasteiger partial charge in [0.05, 0.1) is 72.9 Å². The third-order valence-corrected chi connectivity index (χ3v) is 18.5. The number of aromatic amines is 2. The van der Waals surface area contributed by atoms with E-state index >= 15 is 0 Å². The van der Waals surface area contributed by atoms with Crippen molar-refractivity contribution in [1.82, 2.24) is 19.9 Å². The SMILES string of the molecule is CC1(C)C2c3c4nc(c(c5ccc([nH]5)c5c6ccc([nH]6)c(c6nc3C=C6)C3[C@@H](C(=O)OCCCCCCCCOC(=O)[C@@H]6C5C6(C)C)C3(C)C)C3[C@@H](C(=O)OCCCCCCCCOC(=O)[C@H]21)C3(C)C)C=C4. The van der Waals surface area contributed by atoms with Crippen molar-refractivity contribution >= 4 is 70.2 Å². The summed E-state index contributed by atoms with van der Waals surface area (Å²) in [5, 5.41) is 0. The Balaban J connectivity index is 1.18. The van der Waals surface area contributed by atoms with Gasteiger partial charge in [0.25, 0.3) is 0 Å². The summed E-state index contributed by atoms with van der Waals surface area (Å²) in [5.41, 5.74) is 8.24. The van der Waals surface area contributed by atoms with Crippen LogP contribution in [0.3, 0.4) is 0 Å². The van der Waals surface area contributed by atoms with Gasteiger partial charge in [-0.25, -0.2) is 9.97 Å². The lowest BCUT2D eigenvalue weighted by Crippen LogP contribution is -2.12. The summed E-state index contributed by atoms with van der Waals surface area (Å²) in [4.78, 5) is 75.6. The van der Waals surface area contributed by atoms with Crippen LogP contribution in [0.4, 0.5) is 0 Å². The van der Waals surface area contributed by atoms with Crippen LogP contribution in [0.1, 0.15) is 201 Å². The van der Waals surface area contributed by atoms with Crippen LogP contribution in [-0.2, 0) is 38.1 Å². The Kier molecular flexibility index (Phi) is 12.3. The normalized spacial score (nSPS) is 30.8. The minimum atomic E-state index is -0.449. The average molecular weight is 979 g/mol. The maximum atomic E-state index is 14.2. The predicted octanol–water partition coefficient (Wildman–Crippen LogP) is 12.5. The molecule has 4 unspecified atom stereocenters. The van der Waals surface area contributed by atoms with Gasteiger partial charge in [0.2, 0.25) is 0 Å². The molecule has 3 aromatic heterocycles. The highest BCUT2D eigenvalue weighted by molar-refractivity contribution is 5.91. The van der Waals surface area contributed by atoms with Gasteiger partial charge in [-0.05, 0) is 95.9 Å². The summed E-state index contributed by atoms with van der Waals surface area (Å²) in [5.74, 6) is -3.18. The quantitative estimate of drug-likeness (QED) is 0.113. The summed E-state index contributed by atoms with van der Waals surface area (Å²) in [6.45, 7) is 18.7. The molecule has 12 bridgehead atoms. The van der Waals surface area contributed by atoms with Crippen molar-refractivity contribution in [1.29, 1.82) is 0 Å². The molecule has 4 aliphatic heterocycles. The molecule has 8 atom stereocenters. The molecule has 4 saturated carbocycles. The Bertz CT molecular complexity index is 2910. The lowest BCUT2D eigenvalue weighted by atomic mass is 10.00. The Morgan fingerprint density at radius 2 is 0.583 bits per heavy atom. The fourth-order valence-corrected chi connectivity index (χ4v) is 13.9. The van der Waals surface area contributed by atoms with Crippen molar-refractivity contribution in [2.45, 2.75) is 156 Å². The molecule has 7 heterocycles. The molecule has 4 fully saturated rings. The van der Waals surface area contributed by atoms with E-state index in [4.69, 9.17) is 28.9 Å². The molecular formula is C60H74N4O8. The Morgan fingerprint density at radius 1 is 0.347 bits per heavy atom. The van der Waals surface area contributed by atoms with Gasteiger partial charge < -0.3 is 28.9 Å². The van der Waals surface area contributed by atoms with Crippen LogP contribution in [0, 0.1) is 45.3 Å². The molecule has 2 N–H and O–H groups in total. The van der Waals surface area contributed by atoms with E-state index < -0.39 is 27.6 Å². The Labute approximate surface area is 423 Å². The molecular weight excluding hydrogens is 905 g/mol. The second-order valence-electron chi connectivity index (χ2n) is 24.7. The predicted molar refractivity (Wildman–Crippen MR) is 278 cm³/mol. The lowest BCUT2D eigenvalue weighted by molar-refractivity contribution is -0.147. The van der Waals surface area contributed by atoms with E-state index in [2.05, 4.69) is 102 Å². The Hall–Kier alpha value is -5.52. The number of nitrogens with zero attached hydrogens (tertiary/aromatic N) is 2. The van der Waals surface area contributed by atoms with Crippen LogP contribution >= 0.6 is 0 Å². The van der Waals surface area contributed by atoms with Gasteiger partial charge in [0, 0.05) is 68.0 Å². The van der Waals surface area contributed by atoms with Crippen LogP contribution in [-0.4, -0.2) is 70.2 Å². The Morgan fingerprint density at radius 3 is 0.889 bits per heavy atom. The summed E-state index contributed by atoms with van der Waals surface area (Å²) in [6.07, 6.45) is 19.3. The lowest BCUT2D eigenvalue weighted by Gasteiger charge is -2.08. The monoisotopic (exact) mass is 979 g/mol. The van der Waals surface area contributed by atoms with E-state index in [0.717, 1.165) is 144 Å². The fourth-order valence-electron chi connectivity index (χ4n) is 13.9. The van der Waals surface area contributed by atoms with Crippen LogP contribution in [0.2, 0.25) is 0 Å². The maximum Gasteiger partial charge on any atom is 0.310 e. The van der Waals surface area contributed by atoms with E-state index in [1.165, 1.54) is 0 Å². The topological polar surface area (TPSA) is 163 Å². The van der Waals surface area contributed by atoms with Crippen LogP contribution in [0.5, 0.6) is 0 Å². The van der Waals surface area contributed by atoms with Gasteiger partial charge in [0.15, 0.2) is 0 Å². The van der Waals surface area contributed by atoms with Gasteiger partial charge in [-0.15, -0.1) is 0 Å². The molecule has 12 nitrogen and oxygen atoms in total. The van der Waals surface area contributed by atoms with E-state index in [1.807, 2.05) is 12.2 Å². The number of aromatic nitrogens is 4. The summed E-state index contributed by atoms with van der Waals surface area (Å²) in [7, 11) is 0. The average Bonchev–Trinajstić information content (AvgIpc) is 3.95. The molecule has 8 aliphatic rings. The highest BCUT2D eigenvalue weighted by atomic mass is 16.5. The number of carbonyl (C=O) groups excluding carboxylic acids is 4. The van der Waals surface area contributed by atoms with Crippen molar-refractivity contribution in [3.8, 4) is 0 Å². The van der Waals surface area contributed by atoms with Crippen molar-refractivity contribution < 1.29 is 38.1 Å². The largest absolute Gasteiger partial charge is 0.465 e. The minimum Gasteiger partial charge on any atom is -0.465 e. The van der Waals surface area contributed by atoms with Gasteiger partial charge in [0.1, 0.15) is 0 Å². The highest BCUT2D eigenvalue weighted by Crippen LogP contribution is 2.70. The molecule has 0 amide bonds. The molecule has 0 saturated heterocycles. The van der Waals surface area contributed by atoms with Crippen molar-refractivity contribution in [3.63, 3.8) is 0 Å². The molecule has 0 radical (unpaired) electrons. The maximum absolute atomic E-state index is 14.2. The van der Waals surface area contributed by atoms with Gasteiger partial charge in [-0.3, -0.25) is 19.2 Å². The molecule has 3 aromatic rings. The first-order valence-corrected chi connectivity index (χ1v) is 27.3. The van der Waals surface area contributed by atoms with E-state index in [0.29, 0.717) is 26.4 Å². The fraction of sp³-hybridized carbons (Fsp3) is 0.600. The zero-order valence-electron chi connectivity index (χ0n) is 43.7. The van der Waals surface area contributed by atoms with E-state index in [9.17, 15) is 19.2 Å². The number of nitrogens with one attached hydrogen (secondary N) is 2. The summed E-state index contributed by atoms with van der Waals surface area (Å²) in [6, 6.07) is 8.40. The molecule has 12 heteroatoms. The molecule has 4 aliphatic carbocycles. The van der Waals surface area contributed by atoms with Gasteiger partial charge in [-0.1, -0.05) is 107 Å². The van der Waals surface area contributed by atoms with Crippen molar-refractivity contribution in [2.75, 3.05) is 26.4 Å². The first-order chi connectivity index (χ1) is 34.5. The summed E-state index contributed by atoms with van der Waals surface area (Å²) < 4.78 is 24.3. The first kappa shape index (κ1) is 48.7. The molecule has 382 valence electrons. The molecule has 0 aromatic carbocycles. The van der Waals surface area contributed by atoms with Crippen LogP contribution in [0.25, 0.3) is 46.4 Å². The number of cyclic esters (lactones) is 4. The smallest absolute Gasteiger partial charge is 0.310 e. The minimum absolute atomic E-state index is 0.177. The number of esters is 4. The second-order valence-corrected chi connectivity index (χ2v) is 24.7. The summed E-state index contributed by atoms with van der Waals surface area (Å²) >= 11 is 0. The zero-order chi connectivity index (χ0) is 50.5. The number of fused-ring (bicyclic) bond motifs is 16. The third kappa shape index (κ3) is 8.34. The number of carbonyl (C=O) groups is 4. The standard InChI is InChI=1S/C60H74N4O8/c1-57(2)45-41-33-21-22-34(61-33)42(46-50(58(46,3)4)54(66)70-30-18-14-10-9-13-17-29-69-53(65)49(45)57)39-27-28-40(64-39)44-36-24-23-35(62-36)43(38-26-25-37(41)63-38)47-51(59(47,5)6)55(67)71-31-19-15-11-12-16-20-32-72-56(68)52-48(44)60(52,7)8/h21-28,45-52,61,63H,9-20,29-32H2,1-8H3/t45?,46?,47?,48?,49-,50-,51-,52-/m0/s1. The van der Waals surface area contributed by atoms with Crippen molar-refractivity contribution in [2.24, 2.45) is 45.3 Å². The van der Waals surface area contributed by atoms with E-state index in [-0.39, 0.29) is 65.3 Å². The van der Waals surface area contributed by atoms with Gasteiger partial charge in [-0.2, -0.15) is 0 Å². The van der Waals surface area contributed by atoms with Crippen molar-refractivity contribution in [3.05, 3.63) is 69.3 Å². The van der Waals surface area contributed by atoms with Crippen LogP contribution < -0.4 is 0 Å². The third-order valence-electron chi connectivity index (χ3n) is 18.5. The molecule has 72 heavy (non-hydrogen) atoms. The van der Waals surface area contributed by atoms with Crippen LogP contribution in [0.15, 0.2) is 24.3 Å². The number of ether oxygens (including phenoxy) is 4.